The van der Waals surface area contributed by atoms with E-state index in [2.05, 4.69) is 0 Å². The molecule has 0 unspecified atom stereocenters. The van der Waals surface area contributed by atoms with Gasteiger partial charge >= 0.3 is 5.97 Å². The zero-order chi connectivity index (χ0) is 10.0. The van der Waals surface area contributed by atoms with Gasteiger partial charge < -0.3 is 5.11 Å². The normalized spacial score (nSPS) is 10.1. The Morgan fingerprint density at radius 1 is 1.46 bits per heavy atom. The first kappa shape index (κ1) is 10.3. The Balaban J connectivity index is 3.38. The van der Waals surface area contributed by atoms with Crippen molar-refractivity contribution < 1.29 is 18.7 Å². The minimum absolute atomic E-state index is 0.111. The highest BCUT2D eigenvalue weighted by atomic mass is 35.7. The van der Waals surface area contributed by atoms with Crippen molar-refractivity contribution in [3.05, 3.63) is 29.3 Å². The Morgan fingerprint density at radius 3 is 2.54 bits per heavy atom. The highest BCUT2D eigenvalue weighted by Gasteiger charge is 2.19. The Labute approximate surface area is 81.0 Å². The zero-order valence-corrected chi connectivity index (χ0v) is 7.62. The number of hydrogen-bond donors (Lipinski definition) is 1. The maximum Gasteiger partial charge on any atom is 0.341 e. The van der Waals surface area contributed by atoms with Crippen LogP contribution in [0.3, 0.4) is 0 Å². The van der Waals surface area contributed by atoms with Gasteiger partial charge in [-0.2, -0.15) is 0 Å². The van der Waals surface area contributed by atoms with Gasteiger partial charge in [-0.25, -0.2) is 13.6 Å². The van der Waals surface area contributed by atoms with Crippen LogP contribution in [-0.4, -0.2) is 11.1 Å². The Morgan fingerprint density at radius 2 is 2.08 bits per heavy atom. The zero-order valence-electron chi connectivity index (χ0n) is 6.05. The molecule has 6 heteroatoms. The summed E-state index contributed by atoms with van der Waals surface area (Å²) in [7, 11) is 5.73. The molecule has 1 rings (SSSR count). The number of hydrogen-bond acceptors (Lipinski definition) is 2. The van der Waals surface area contributed by atoms with E-state index in [4.69, 9.17) is 15.8 Å². The molecule has 70 valence electrons. The van der Waals surface area contributed by atoms with Crippen LogP contribution in [0.1, 0.15) is 10.4 Å². The van der Waals surface area contributed by atoms with E-state index in [1.807, 2.05) is 0 Å². The molecule has 0 heterocycles. The predicted molar refractivity (Wildman–Crippen MR) is 45.0 cm³/mol. The first-order valence-electron chi connectivity index (χ1n) is 3.07. The van der Waals surface area contributed by atoms with Gasteiger partial charge in [0.05, 0.1) is 4.90 Å². The molecule has 0 radical (unpaired) electrons. The Hall–Kier alpha value is -0.810. The number of aromatic carboxylic acids is 1. The molecule has 0 aliphatic heterocycles. The van der Waals surface area contributed by atoms with Crippen molar-refractivity contribution >= 4 is 27.6 Å². The molecule has 0 aliphatic carbocycles. The van der Waals surface area contributed by atoms with E-state index in [1.165, 1.54) is 0 Å². The molecule has 0 saturated heterocycles. The molecule has 0 atom stereocenters. The average Bonchev–Trinajstić information content (AvgIpc) is 2.04. The standard InChI is InChI=1S/C7H3ClF2O2S/c8-13-4-2-1-3(9)5(6(4)10)7(11)12/h1-2H,(H,11,12). The summed E-state index contributed by atoms with van der Waals surface area (Å²) in [6, 6.07) is 1.94. The molecule has 13 heavy (non-hydrogen) atoms. The van der Waals surface area contributed by atoms with E-state index < -0.39 is 23.2 Å². The van der Waals surface area contributed by atoms with Gasteiger partial charge in [-0.05, 0) is 33.8 Å². The number of carboxylic acids is 1. The van der Waals surface area contributed by atoms with E-state index in [-0.39, 0.29) is 4.90 Å². The predicted octanol–water partition coefficient (Wildman–Crippen LogP) is 2.91. The highest BCUT2D eigenvalue weighted by Crippen LogP contribution is 2.28. The van der Waals surface area contributed by atoms with E-state index in [9.17, 15) is 13.6 Å². The fourth-order valence-corrected chi connectivity index (χ4v) is 1.44. The van der Waals surface area contributed by atoms with E-state index in [1.54, 1.807) is 0 Å². The lowest BCUT2D eigenvalue weighted by Gasteiger charge is -2.02. The molecule has 0 fully saturated rings. The fraction of sp³-hybridized carbons (Fsp3) is 0. The molecular weight excluding hydrogens is 222 g/mol. The van der Waals surface area contributed by atoms with Crippen molar-refractivity contribution in [2.75, 3.05) is 0 Å². The van der Waals surface area contributed by atoms with E-state index in [0.29, 0.717) is 11.0 Å². The number of benzene rings is 1. The molecular formula is C7H3ClF2O2S. The lowest BCUT2D eigenvalue weighted by Crippen LogP contribution is -2.05. The molecule has 0 bridgehead atoms. The molecule has 2 nitrogen and oxygen atoms in total. The third kappa shape index (κ3) is 1.92. The molecule has 1 aromatic carbocycles. The van der Waals surface area contributed by atoms with Gasteiger partial charge in [0.15, 0.2) is 5.82 Å². The second-order valence-corrected chi connectivity index (χ2v) is 3.17. The second kappa shape index (κ2) is 3.93. The topological polar surface area (TPSA) is 37.3 Å². The molecule has 0 aliphatic rings. The largest absolute Gasteiger partial charge is 0.477 e. The molecule has 0 saturated carbocycles. The van der Waals surface area contributed by atoms with Crippen molar-refractivity contribution in [3.63, 3.8) is 0 Å². The van der Waals surface area contributed by atoms with Crippen LogP contribution in [-0.2, 0) is 0 Å². The van der Waals surface area contributed by atoms with Crippen molar-refractivity contribution in [1.29, 1.82) is 0 Å². The summed E-state index contributed by atoms with van der Waals surface area (Å²) in [6.07, 6.45) is 0. The summed E-state index contributed by atoms with van der Waals surface area (Å²) in [4.78, 5) is 10.3. The summed E-state index contributed by atoms with van der Waals surface area (Å²) in [5.74, 6) is -3.91. The Kier molecular flexibility index (Phi) is 3.11. The SMILES string of the molecule is O=C(O)c1c(F)ccc(SCl)c1F. The number of halogens is 3. The maximum absolute atomic E-state index is 13.1. The van der Waals surface area contributed by atoms with Crippen molar-refractivity contribution in [2.24, 2.45) is 0 Å². The highest BCUT2D eigenvalue weighted by molar-refractivity contribution is 8.21. The smallest absolute Gasteiger partial charge is 0.341 e. The number of carboxylic acid groups (broad SMARTS) is 1. The molecule has 1 N–H and O–H groups in total. The summed E-state index contributed by atoms with van der Waals surface area (Å²) in [6.45, 7) is 0. The van der Waals surface area contributed by atoms with Crippen LogP contribution < -0.4 is 0 Å². The van der Waals surface area contributed by atoms with Crippen LogP contribution in [0.5, 0.6) is 0 Å². The third-order valence-corrected chi connectivity index (χ3v) is 2.33. The lowest BCUT2D eigenvalue weighted by molar-refractivity contribution is 0.0685. The molecule has 0 spiro atoms. The maximum atomic E-state index is 13.1. The van der Waals surface area contributed by atoms with Crippen molar-refractivity contribution in [1.82, 2.24) is 0 Å². The first-order valence-corrected chi connectivity index (χ1v) is 4.72. The van der Waals surface area contributed by atoms with E-state index in [0.717, 1.165) is 12.1 Å². The van der Waals surface area contributed by atoms with Gasteiger partial charge in [0.1, 0.15) is 11.4 Å². The third-order valence-electron chi connectivity index (χ3n) is 1.35. The Bertz CT molecular complexity index is 357. The van der Waals surface area contributed by atoms with Crippen LogP contribution in [0.25, 0.3) is 0 Å². The van der Waals surface area contributed by atoms with Gasteiger partial charge in [0.2, 0.25) is 0 Å². The quantitative estimate of drug-likeness (QED) is 0.839. The fourth-order valence-electron chi connectivity index (χ4n) is 0.789. The van der Waals surface area contributed by atoms with Gasteiger partial charge in [-0.15, -0.1) is 0 Å². The average molecular weight is 225 g/mol. The van der Waals surface area contributed by atoms with Crippen LogP contribution in [0.15, 0.2) is 17.0 Å². The van der Waals surface area contributed by atoms with Crippen LogP contribution in [0.4, 0.5) is 8.78 Å². The molecule has 0 aromatic heterocycles. The second-order valence-electron chi connectivity index (χ2n) is 2.12. The van der Waals surface area contributed by atoms with Crippen LogP contribution in [0.2, 0.25) is 0 Å². The minimum Gasteiger partial charge on any atom is -0.477 e. The summed E-state index contributed by atoms with van der Waals surface area (Å²) >= 11 is 0. The summed E-state index contributed by atoms with van der Waals surface area (Å²) in [5.41, 5.74) is -0.981. The molecule has 0 amide bonds. The minimum atomic E-state index is -1.65. The number of rotatable bonds is 2. The number of carbonyl (C=O) groups is 1. The van der Waals surface area contributed by atoms with Crippen LogP contribution >= 0.6 is 21.7 Å². The van der Waals surface area contributed by atoms with Gasteiger partial charge in [-0.3, -0.25) is 0 Å². The monoisotopic (exact) mass is 224 g/mol. The lowest BCUT2D eigenvalue weighted by atomic mass is 10.2. The summed E-state index contributed by atoms with van der Waals surface area (Å²) < 4.78 is 25.8. The molecule has 1 aromatic rings. The van der Waals surface area contributed by atoms with Gasteiger partial charge in [0.25, 0.3) is 0 Å². The van der Waals surface area contributed by atoms with E-state index >= 15 is 0 Å². The van der Waals surface area contributed by atoms with Crippen molar-refractivity contribution in [3.8, 4) is 0 Å². The first-order chi connectivity index (χ1) is 6.07. The van der Waals surface area contributed by atoms with Gasteiger partial charge in [-0.1, -0.05) is 0 Å². The van der Waals surface area contributed by atoms with Gasteiger partial charge in [0, 0.05) is 0 Å². The summed E-state index contributed by atoms with van der Waals surface area (Å²) in [5, 5.41) is 8.43. The van der Waals surface area contributed by atoms with Crippen LogP contribution in [0, 0.1) is 11.6 Å². The van der Waals surface area contributed by atoms with Crippen molar-refractivity contribution in [2.45, 2.75) is 4.90 Å².